The minimum Gasteiger partial charge on any atom is -0.496 e. The van der Waals surface area contributed by atoms with Gasteiger partial charge in [0.15, 0.2) is 0 Å². The van der Waals surface area contributed by atoms with Crippen molar-refractivity contribution in [1.82, 2.24) is 59.2 Å². The predicted molar refractivity (Wildman–Crippen MR) is 301 cm³/mol. The van der Waals surface area contributed by atoms with Crippen LogP contribution in [-0.4, -0.2) is 127 Å². The lowest BCUT2D eigenvalue weighted by Crippen LogP contribution is -2.35. The molecule has 10 rings (SSSR count). The van der Waals surface area contributed by atoms with Gasteiger partial charge in [-0.2, -0.15) is 0 Å². The minimum absolute atomic E-state index is 0.199. The Balaban J connectivity index is 0.697. The lowest BCUT2D eigenvalue weighted by Gasteiger charge is -2.15. The van der Waals surface area contributed by atoms with Crippen molar-refractivity contribution >= 4 is 55.7 Å². The first-order valence-electron chi connectivity index (χ1n) is 26.5. The van der Waals surface area contributed by atoms with Gasteiger partial charge in [0.1, 0.15) is 36.1 Å². The Bertz CT molecular complexity index is 3750. The summed E-state index contributed by atoms with van der Waals surface area (Å²) in [7, 11) is 3.16. The van der Waals surface area contributed by atoms with E-state index in [2.05, 4.69) is 30.9 Å². The van der Waals surface area contributed by atoms with Crippen LogP contribution in [-0.2, 0) is 36.9 Å². The van der Waals surface area contributed by atoms with E-state index in [1.807, 2.05) is 102 Å². The maximum atomic E-state index is 14.4. The Labute approximate surface area is 463 Å². The van der Waals surface area contributed by atoms with Crippen molar-refractivity contribution in [2.45, 2.75) is 66.7 Å². The van der Waals surface area contributed by atoms with Crippen molar-refractivity contribution in [3.63, 3.8) is 0 Å². The van der Waals surface area contributed by atoms with Crippen LogP contribution in [0.15, 0.2) is 104 Å². The second kappa shape index (κ2) is 24.1. The molecule has 81 heavy (non-hydrogen) atoms. The van der Waals surface area contributed by atoms with Crippen LogP contribution in [0.4, 0.5) is 0 Å². The topological polar surface area (TPSA) is 262 Å². The summed E-state index contributed by atoms with van der Waals surface area (Å²) in [4.78, 5) is 74.2. The SMILES string of the molecule is COc1cc2c(cc1-c1c(C)noc1C)ncc1c2n([C@H](C)c2ccccn2)c(=O)n1CC(=O)NCCOCCOCCOCCNC(=O)Cn1c(=O)n([C@@H](C)c2ccccn2)c2c3cc(OC)c(-c4c(C)noc4C)cc3ncc21. The van der Waals surface area contributed by atoms with Gasteiger partial charge >= 0.3 is 11.4 Å². The molecule has 420 valence electrons. The Hall–Kier alpha value is -9.06. The third kappa shape index (κ3) is 11.0. The largest absolute Gasteiger partial charge is 0.496 e. The number of nitrogens with one attached hydrogen (secondary N) is 2. The summed E-state index contributed by atoms with van der Waals surface area (Å²) in [5.41, 5.74) is 8.38. The molecule has 0 radical (unpaired) electrons. The highest BCUT2D eigenvalue weighted by Gasteiger charge is 2.28. The number of aryl methyl sites for hydroxylation is 4. The van der Waals surface area contributed by atoms with Crippen LogP contribution in [0.25, 0.3) is 66.1 Å². The number of methoxy groups -OCH3 is 2. The number of hydrogen-bond acceptors (Lipinski definition) is 17. The van der Waals surface area contributed by atoms with Gasteiger partial charge in [-0.1, -0.05) is 22.4 Å². The number of pyridine rings is 4. The Morgan fingerprint density at radius 3 is 1.33 bits per heavy atom. The second-order valence-electron chi connectivity index (χ2n) is 19.4. The highest BCUT2D eigenvalue weighted by atomic mass is 16.5. The molecule has 0 saturated heterocycles. The number of carbonyl (C=O) groups is 2. The molecular formula is C58H62N12O11. The maximum absolute atomic E-state index is 14.4. The standard InChI is InChI=1S/C58H62N12O11/c1-33-53(37(5)80-65-33)41-25-45-39(27-49(41)75-7)55-47(29-63-45)67(57(73)69(55)35(3)43-13-9-11-15-59-43)31-51(71)61-17-19-77-21-23-79-24-22-78-20-18-62-52(72)32-68-48-30-64-46-26-42(54-34(2)66-81-38(54)6)50(76-8)28-40(46)56(48)70(58(68)74)36(4)44-14-10-12-16-60-44/h9-16,25-30,35-36H,17-24,31-32H2,1-8H3,(H,61,71)(H,62,72)/t35-,36+. The number of carbonyl (C=O) groups excluding carboxylic acids is 2. The van der Waals surface area contributed by atoms with E-state index < -0.39 is 23.5 Å². The van der Waals surface area contributed by atoms with Crippen LogP contribution in [0.1, 0.15) is 60.2 Å². The first kappa shape index (κ1) is 55.3. The fourth-order valence-corrected chi connectivity index (χ4v) is 10.4. The van der Waals surface area contributed by atoms with Crippen molar-refractivity contribution in [3.05, 3.63) is 141 Å². The summed E-state index contributed by atoms with van der Waals surface area (Å²) < 4.78 is 45.9. The van der Waals surface area contributed by atoms with Crippen LogP contribution < -0.4 is 31.5 Å². The highest BCUT2D eigenvalue weighted by Crippen LogP contribution is 2.41. The molecule has 0 unspecified atom stereocenters. The van der Waals surface area contributed by atoms with E-state index in [1.165, 1.54) is 9.13 Å². The molecule has 0 fully saturated rings. The van der Waals surface area contributed by atoms with Gasteiger partial charge in [-0.3, -0.25) is 47.8 Å². The molecule has 2 aromatic carbocycles. The smallest absolute Gasteiger partial charge is 0.330 e. The molecule has 0 aliphatic carbocycles. The summed E-state index contributed by atoms with van der Waals surface area (Å²) in [6.45, 7) is 12.6. The first-order valence-corrected chi connectivity index (χ1v) is 26.5. The summed E-state index contributed by atoms with van der Waals surface area (Å²) in [6, 6.07) is 17.6. The monoisotopic (exact) mass is 1100 g/mol. The average Bonchev–Trinajstić information content (AvgIpc) is 4.22. The lowest BCUT2D eigenvalue weighted by atomic mass is 10.00. The molecule has 23 nitrogen and oxygen atoms in total. The molecule has 8 aromatic heterocycles. The summed E-state index contributed by atoms with van der Waals surface area (Å²) in [5, 5.41) is 15.3. The van der Waals surface area contributed by atoms with Crippen molar-refractivity contribution in [2.24, 2.45) is 0 Å². The third-order valence-corrected chi connectivity index (χ3v) is 14.3. The number of fused-ring (bicyclic) bond motifs is 6. The number of ether oxygens (including phenoxy) is 5. The lowest BCUT2D eigenvalue weighted by molar-refractivity contribution is -0.122. The van der Waals surface area contributed by atoms with Crippen LogP contribution in [0.3, 0.4) is 0 Å². The number of amides is 2. The van der Waals surface area contributed by atoms with Crippen molar-refractivity contribution in [2.75, 3.05) is 67.0 Å². The van der Waals surface area contributed by atoms with Gasteiger partial charge in [-0.25, -0.2) is 9.59 Å². The van der Waals surface area contributed by atoms with E-state index >= 15 is 0 Å². The van der Waals surface area contributed by atoms with Crippen LogP contribution in [0.5, 0.6) is 11.5 Å². The van der Waals surface area contributed by atoms with E-state index in [4.69, 9.17) is 42.7 Å². The quantitative estimate of drug-likeness (QED) is 0.0606. The average molecular weight is 1100 g/mol. The predicted octanol–water partition coefficient (Wildman–Crippen LogP) is 6.57. The van der Waals surface area contributed by atoms with Crippen LogP contribution in [0, 0.1) is 27.7 Å². The molecule has 2 amide bonds. The number of benzene rings is 2. The zero-order chi connectivity index (χ0) is 56.9. The molecule has 2 N–H and O–H groups in total. The van der Waals surface area contributed by atoms with Crippen molar-refractivity contribution in [3.8, 4) is 33.8 Å². The molecule has 10 aromatic rings. The molecular weight excluding hydrogens is 1040 g/mol. The maximum Gasteiger partial charge on any atom is 0.330 e. The normalized spacial score (nSPS) is 12.4. The molecule has 0 bridgehead atoms. The zero-order valence-electron chi connectivity index (χ0n) is 46.3. The molecule has 0 spiro atoms. The number of rotatable bonds is 24. The minimum atomic E-state index is -0.496. The zero-order valence-corrected chi connectivity index (χ0v) is 46.3. The highest BCUT2D eigenvalue weighted by molar-refractivity contribution is 6.06. The van der Waals surface area contributed by atoms with E-state index in [0.29, 0.717) is 89.7 Å². The fourth-order valence-electron chi connectivity index (χ4n) is 10.4. The third-order valence-electron chi connectivity index (χ3n) is 14.3. The van der Waals surface area contributed by atoms with Gasteiger partial charge < -0.3 is 43.4 Å². The van der Waals surface area contributed by atoms with Crippen LogP contribution in [0.2, 0.25) is 0 Å². The Morgan fingerprint density at radius 2 is 0.975 bits per heavy atom. The van der Waals surface area contributed by atoms with Gasteiger partial charge in [0.2, 0.25) is 11.8 Å². The second-order valence-corrected chi connectivity index (χ2v) is 19.4. The summed E-state index contributed by atoms with van der Waals surface area (Å²) in [6.07, 6.45) is 6.57. The van der Waals surface area contributed by atoms with Gasteiger partial charge in [0, 0.05) is 47.4 Å². The van der Waals surface area contributed by atoms with E-state index in [9.17, 15) is 19.2 Å². The van der Waals surface area contributed by atoms with Crippen molar-refractivity contribution < 1.29 is 42.3 Å². The van der Waals surface area contributed by atoms with Gasteiger partial charge in [-0.15, -0.1) is 0 Å². The van der Waals surface area contributed by atoms with E-state index in [1.54, 1.807) is 48.1 Å². The number of hydrogen-bond donors (Lipinski definition) is 2. The number of aromatic nitrogens is 10. The molecule has 23 heteroatoms. The van der Waals surface area contributed by atoms with Gasteiger partial charge in [0.25, 0.3) is 0 Å². The number of nitrogens with zero attached hydrogens (tertiary/aromatic N) is 10. The molecule has 0 aliphatic rings. The molecule has 8 heterocycles. The molecule has 0 saturated carbocycles. The summed E-state index contributed by atoms with van der Waals surface area (Å²) >= 11 is 0. The number of imidazole rings is 2. The van der Waals surface area contributed by atoms with Gasteiger partial charge in [0.05, 0.1) is 145 Å². The molecule has 2 atom stereocenters. The Kier molecular flexibility index (Phi) is 16.5. The van der Waals surface area contributed by atoms with Gasteiger partial charge in [-0.05, 0) is 90.1 Å². The van der Waals surface area contributed by atoms with Crippen LogP contribution >= 0.6 is 0 Å². The fraction of sp³-hybridized carbons (Fsp3) is 0.345. The molecule has 0 aliphatic heterocycles. The first-order chi connectivity index (χ1) is 39.3. The Morgan fingerprint density at radius 1 is 0.568 bits per heavy atom. The van der Waals surface area contributed by atoms with Crippen molar-refractivity contribution in [1.29, 1.82) is 0 Å². The van der Waals surface area contributed by atoms with E-state index in [0.717, 1.165) is 22.3 Å². The van der Waals surface area contributed by atoms with E-state index in [-0.39, 0.29) is 77.6 Å². The summed E-state index contributed by atoms with van der Waals surface area (Å²) in [5.74, 6) is 1.58.